The Morgan fingerprint density at radius 3 is 2.80 bits per heavy atom. The van der Waals surface area contributed by atoms with Gasteiger partial charge in [0.1, 0.15) is 5.54 Å². The molecule has 0 spiro atoms. The van der Waals surface area contributed by atoms with Gasteiger partial charge in [0, 0.05) is 6.04 Å². The Hall–Kier alpha value is -0.830. The van der Waals surface area contributed by atoms with Crippen LogP contribution in [0.5, 0.6) is 0 Å². The molecule has 10 heavy (non-hydrogen) atoms. The van der Waals surface area contributed by atoms with E-state index in [1.165, 1.54) is 0 Å². The molecule has 1 saturated heterocycles. The van der Waals surface area contributed by atoms with E-state index in [-0.39, 0.29) is 0 Å². The highest BCUT2D eigenvalue weighted by Gasteiger charge is 2.45. The Kier molecular flexibility index (Phi) is 0.951. The third-order valence-electron chi connectivity index (χ3n) is 2.29. The van der Waals surface area contributed by atoms with Crippen molar-refractivity contribution in [1.82, 2.24) is 5.32 Å². The van der Waals surface area contributed by atoms with Gasteiger partial charge in [-0.15, -0.1) is 0 Å². The molecule has 54 valence electrons. The zero-order valence-electron chi connectivity index (χ0n) is 5.50. The molecule has 2 atom stereocenters. The summed E-state index contributed by atoms with van der Waals surface area (Å²) in [6, 6.07) is 0.316. The second-order valence-electron chi connectivity index (χ2n) is 2.93. The Morgan fingerprint density at radius 2 is 2.60 bits per heavy atom. The minimum atomic E-state index is -0.747. The predicted molar refractivity (Wildman–Crippen MR) is 35.7 cm³/mol. The topological polar surface area (TPSA) is 49.3 Å². The first kappa shape index (κ1) is 5.92. The van der Waals surface area contributed by atoms with E-state index in [9.17, 15) is 4.79 Å². The summed E-state index contributed by atoms with van der Waals surface area (Å²) in [6.07, 6.45) is 5.41. The fourth-order valence-electron chi connectivity index (χ4n) is 1.65. The van der Waals surface area contributed by atoms with E-state index in [4.69, 9.17) is 5.11 Å². The summed E-state index contributed by atoms with van der Waals surface area (Å²) in [7, 11) is 0. The van der Waals surface area contributed by atoms with E-state index in [1.54, 1.807) is 6.08 Å². The molecule has 0 radical (unpaired) electrons. The number of carbonyl (C=O) groups is 1. The number of rotatable bonds is 1. The quantitative estimate of drug-likeness (QED) is 0.508. The van der Waals surface area contributed by atoms with Crippen LogP contribution in [-0.2, 0) is 4.79 Å². The Morgan fingerprint density at radius 1 is 1.80 bits per heavy atom. The first-order chi connectivity index (χ1) is 4.73. The van der Waals surface area contributed by atoms with Gasteiger partial charge in [-0.2, -0.15) is 0 Å². The van der Waals surface area contributed by atoms with E-state index in [0.717, 1.165) is 12.8 Å². The van der Waals surface area contributed by atoms with Crippen molar-refractivity contribution in [3.63, 3.8) is 0 Å². The van der Waals surface area contributed by atoms with Crippen LogP contribution in [-0.4, -0.2) is 22.7 Å². The summed E-state index contributed by atoms with van der Waals surface area (Å²) in [5.74, 6) is -0.747. The summed E-state index contributed by atoms with van der Waals surface area (Å²) in [5.41, 5.74) is -0.704. The molecule has 2 unspecified atom stereocenters. The number of nitrogens with one attached hydrogen (secondary N) is 1. The summed E-state index contributed by atoms with van der Waals surface area (Å²) in [4.78, 5) is 10.7. The molecule has 2 rings (SSSR count). The monoisotopic (exact) mass is 139 g/mol. The van der Waals surface area contributed by atoms with E-state index >= 15 is 0 Å². The average molecular weight is 139 g/mol. The smallest absolute Gasteiger partial charge is 0.327 e. The Bertz CT molecular complexity index is 212. The normalized spacial score (nSPS) is 42.6. The molecule has 0 aromatic carbocycles. The van der Waals surface area contributed by atoms with Crippen molar-refractivity contribution in [2.24, 2.45) is 0 Å². The van der Waals surface area contributed by atoms with Crippen LogP contribution in [0.2, 0.25) is 0 Å². The molecule has 0 saturated carbocycles. The SMILES string of the molecule is O=C(O)C12C=CC(CC1)N2. The summed E-state index contributed by atoms with van der Waals surface area (Å²) >= 11 is 0. The summed E-state index contributed by atoms with van der Waals surface area (Å²) < 4.78 is 0. The van der Waals surface area contributed by atoms with Crippen LogP contribution >= 0.6 is 0 Å². The van der Waals surface area contributed by atoms with Crippen molar-refractivity contribution < 1.29 is 9.90 Å². The number of carboxylic acids is 1. The van der Waals surface area contributed by atoms with Gasteiger partial charge in [-0.25, -0.2) is 4.79 Å². The molecule has 3 heteroatoms. The minimum Gasteiger partial charge on any atom is -0.480 e. The van der Waals surface area contributed by atoms with Crippen molar-refractivity contribution in [2.75, 3.05) is 0 Å². The predicted octanol–water partition coefficient (Wildman–Crippen LogP) is 0.132. The lowest BCUT2D eigenvalue weighted by Gasteiger charge is -2.16. The Labute approximate surface area is 58.7 Å². The average Bonchev–Trinajstić information content (AvgIpc) is 2.45. The third-order valence-corrected chi connectivity index (χ3v) is 2.29. The number of fused-ring (bicyclic) bond motifs is 2. The van der Waals surface area contributed by atoms with Crippen molar-refractivity contribution in [3.05, 3.63) is 12.2 Å². The molecule has 0 aromatic heterocycles. The van der Waals surface area contributed by atoms with Gasteiger partial charge in [0.05, 0.1) is 0 Å². The molecule has 1 fully saturated rings. The van der Waals surface area contributed by atoms with Gasteiger partial charge in [-0.1, -0.05) is 12.2 Å². The van der Waals surface area contributed by atoms with Gasteiger partial charge < -0.3 is 5.11 Å². The van der Waals surface area contributed by atoms with Crippen molar-refractivity contribution in [2.45, 2.75) is 24.4 Å². The Balaban J connectivity index is 2.32. The molecule has 2 aliphatic rings. The molecular formula is C7H9NO2. The van der Waals surface area contributed by atoms with Crippen LogP contribution in [0.15, 0.2) is 12.2 Å². The lowest BCUT2D eigenvalue weighted by Crippen LogP contribution is -2.44. The maximum absolute atomic E-state index is 10.7. The van der Waals surface area contributed by atoms with Gasteiger partial charge in [0.25, 0.3) is 0 Å². The van der Waals surface area contributed by atoms with Crippen molar-refractivity contribution in [3.8, 4) is 0 Å². The van der Waals surface area contributed by atoms with E-state index in [2.05, 4.69) is 5.32 Å². The molecule has 2 bridgehead atoms. The largest absolute Gasteiger partial charge is 0.480 e. The van der Waals surface area contributed by atoms with E-state index < -0.39 is 11.5 Å². The van der Waals surface area contributed by atoms with Crippen LogP contribution in [0.1, 0.15) is 12.8 Å². The van der Waals surface area contributed by atoms with Crippen molar-refractivity contribution >= 4 is 5.97 Å². The van der Waals surface area contributed by atoms with Gasteiger partial charge in [0.2, 0.25) is 0 Å². The maximum atomic E-state index is 10.7. The van der Waals surface area contributed by atoms with Crippen LogP contribution in [0.25, 0.3) is 0 Å². The van der Waals surface area contributed by atoms with E-state index in [1.807, 2.05) is 6.08 Å². The zero-order valence-corrected chi connectivity index (χ0v) is 5.50. The standard InChI is InChI=1S/C7H9NO2/c9-6(10)7-3-1-5(8-7)2-4-7/h1,3,5,8H,2,4H2,(H,9,10). The third kappa shape index (κ3) is 0.555. The fourth-order valence-corrected chi connectivity index (χ4v) is 1.65. The van der Waals surface area contributed by atoms with Gasteiger partial charge in [0.15, 0.2) is 0 Å². The number of carboxylic acid groups (broad SMARTS) is 1. The minimum absolute atomic E-state index is 0.316. The van der Waals surface area contributed by atoms with Crippen LogP contribution in [0, 0.1) is 0 Å². The van der Waals surface area contributed by atoms with Gasteiger partial charge >= 0.3 is 5.97 Å². The second-order valence-corrected chi connectivity index (χ2v) is 2.93. The zero-order chi connectivity index (χ0) is 7.19. The summed E-state index contributed by atoms with van der Waals surface area (Å²) in [6.45, 7) is 0. The maximum Gasteiger partial charge on any atom is 0.327 e. The molecule has 2 heterocycles. The summed E-state index contributed by atoms with van der Waals surface area (Å²) in [5, 5.41) is 11.8. The van der Waals surface area contributed by atoms with Crippen LogP contribution in [0.4, 0.5) is 0 Å². The lowest BCUT2D eigenvalue weighted by molar-refractivity contribution is -0.142. The van der Waals surface area contributed by atoms with Crippen LogP contribution < -0.4 is 5.32 Å². The number of hydrogen-bond acceptors (Lipinski definition) is 2. The molecule has 2 N–H and O–H groups in total. The fraction of sp³-hybridized carbons (Fsp3) is 0.571. The van der Waals surface area contributed by atoms with E-state index in [0.29, 0.717) is 6.04 Å². The molecule has 0 aliphatic carbocycles. The number of aliphatic carboxylic acids is 1. The van der Waals surface area contributed by atoms with Crippen LogP contribution in [0.3, 0.4) is 0 Å². The molecule has 0 aromatic rings. The van der Waals surface area contributed by atoms with Gasteiger partial charge in [-0.05, 0) is 12.8 Å². The highest BCUT2D eigenvalue weighted by atomic mass is 16.4. The first-order valence-electron chi connectivity index (χ1n) is 3.43. The second kappa shape index (κ2) is 1.61. The number of hydrogen-bond donors (Lipinski definition) is 2. The highest BCUT2D eigenvalue weighted by Crippen LogP contribution is 2.31. The molecule has 3 nitrogen and oxygen atoms in total. The highest BCUT2D eigenvalue weighted by molar-refractivity contribution is 5.83. The van der Waals surface area contributed by atoms with Crippen molar-refractivity contribution in [1.29, 1.82) is 0 Å². The molecule has 2 aliphatic heterocycles. The lowest BCUT2D eigenvalue weighted by atomic mass is 9.94. The first-order valence-corrected chi connectivity index (χ1v) is 3.43. The van der Waals surface area contributed by atoms with Gasteiger partial charge in [-0.3, -0.25) is 5.32 Å². The molecular weight excluding hydrogens is 130 g/mol. The molecule has 0 amide bonds.